The Hall–Kier alpha value is -1.88. The minimum absolute atomic E-state index is 0.119. The molecule has 1 fully saturated rings. The molecule has 5 nitrogen and oxygen atoms in total. The van der Waals surface area contributed by atoms with Crippen molar-refractivity contribution < 1.29 is 14.3 Å². The van der Waals surface area contributed by atoms with Crippen LogP contribution in [-0.2, 0) is 9.53 Å². The Bertz CT molecular complexity index is 441. The third-order valence-electron chi connectivity index (χ3n) is 2.65. The first-order valence-corrected chi connectivity index (χ1v) is 5.43. The minimum Gasteiger partial charge on any atom is -0.381 e. The van der Waals surface area contributed by atoms with Crippen LogP contribution in [0.2, 0.25) is 0 Å². The van der Waals surface area contributed by atoms with Crippen molar-refractivity contribution in [3.05, 3.63) is 29.8 Å². The Labute approximate surface area is 98.9 Å². The van der Waals surface area contributed by atoms with Crippen molar-refractivity contribution in [1.29, 1.82) is 0 Å². The van der Waals surface area contributed by atoms with Gasteiger partial charge in [0.1, 0.15) is 0 Å². The Morgan fingerprint density at radius 1 is 1.35 bits per heavy atom. The molecule has 5 heteroatoms. The summed E-state index contributed by atoms with van der Waals surface area (Å²) in [6.45, 7) is 1.26. The van der Waals surface area contributed by atoms with Crippen LogP contribution in [0.1, 0.15) is 16.8 Å². The van der Waals surface area contributed by atoms with Crippen molar-refractivity contribution in [3.8, 4) is 0 Å². The molecule has 1 aliphatic heterocycles. The molecule has 0 atom stereocenters. The van der Waals surface area contributed by atoms with Gasteiger partial charge in [0, 0.05) is 12.3 Å². The molecule has 1 saturated heterocycles. The summed E-state index contributed by atoms with van der Waals surface area (Å²) in [4.78, 5) is 22.8. The van der Waals surface area contributed by atoms with E-state index in [4.69, 9.17) is 10.5 Å². The van der Waals surface area contributed by atoms with E-state index >= 15 is 0 Å². The van der Waals surface area contributed by atoms with E-state index in [-0.39, 0.29) is 11.8 Å². The average molecular weight is 234 g/mol. The molecule has 17 heavy (non-hydrogen) atoms. The van der Waals surface area contributed by atoms with Gasteiger partial charge < -0.3 is 15.8 Å². The number of nitrogens with one attached hydrogen (secondary N) is 1. The Kier molecular flexibility index (Phi) is 3.39. The third kappa shape index (κ3) is 2.82. The first-order valence-electron chi connectivity index (χ1n) is 5.43. The lowest BCUT2D eigenvalue weighted by Crippen LogP contribution is -2.31. The first kappa shape index (κ1) is 11.6. The highest BCUT2D eigenvalue weighted by Crippen LogP contribution is 2.18. The second-order valence-electron chi connectivity index (χ2n) is 4.07. The van der Waals surface area contributed by atoms with Crippen molar-refractivity contribution in [2.45, 2.75) is 6.42 Å². The molecule has 2 rings (SSSR count). The van der Waals surface area contributed by atoms with E-state index < -0.39 is 5.91 Å². The first-order chi connectivity index (χ1) is 8.16. The van der Waals surface area contributed by atoms with Crippen LogP contribution in [0, 0.1) is 5.92 Å². The van der Waals surface area contributed by atoms with Crippen LogP contribution in [0.15, 0.2) is 24.3 Å². The van der Waals surface area contributed by atoms with Crippen LogP contribution in [0.3, 0.4) is 0 Å². The van der Waals surface area contributed by atoms with Crippen LogP contribution < -0.4 is 11.1 Å². The molecule has 0 aromatic heterocycles. The smallest absolute Gasteiger partial charge is 0.250 e. The molecule has 1 heterocycles. The topological polar surface area (TPSA) is 81.4 Å². The normalized spacial score (nSPS) is 15.1. The number of amides is 2. The Morgan fingerprint density at radius 3 is 2.65 bits per heavy atom. The van der Waals surface area contributed by atoms with Gasteiger partial charge in [-0.1, -0.05) is 12.1 Å². The number of carbonyl (C=O) groups is 2. The maximum Gasteiger partial charge on any atom is 0.250 e. The van der Waals surface area contributed by atoms with Crippen LogP contribution in [0.25, 0.3) is 0 Å². The highest BCUT2D eigenvalue weighted by molar-refractivity contribution is 6.02. The highest BCUT2D eigenvalue weighted by Gasteiger charge is 2.22. The molecule has 0 spiro atoms. The molecule has 0 aliphatic carbocycles. The van der Waals surface area contributed by atoms with Gasteiger partial charge in [0.25, 0.3) is 5.91 Å². The quantitative estimate of drug-likeness (QED) is 0.807. The molecule has 1 aromatic rings. The predicted octanol–water partition coefficient (Wildman–Crippen LogP) is 0.760. The standard InChI is InChI=1S/C12H14N2O3/c13-12(16)9-3-1-2-4-10(9)14-11(15)5-8-6-17-7-8/h1-4,8H,5-7H2,(H2,13,16)(H,14,15). The van der Waals surface area contributed by atoms with Gasteiger partial charge in [0.2, 0.25) is 5.91 Å². The number of ether oxygens (including phenoxy) is 1. The van der Waals surface area contributed by atoms with Gasteiger partial charge in [0.15, 0.2) is 0 Å². The summed E-state index contributed by atoms with van der Waals surface area (Å²) < 4.78 is 4.99. The second kappa shape index (κ2) is 4.97. The Balaban J connectivity index is 2.01. The van der Waals surface area contributed by atoms with Gasteiger partial charge in [-0.2, -0.15) is 0 Å². The largest absolute Gasteiger partial charge is 0.381 e. The van der Waals surface area contributed by atoms with Crippen molar-refractivity contribution in [2.75, 3.05) is 18.5 Å². The van der Waals surface area contributed by atoms with Gasteiger partial charge in [-0.15, -0.1) is 0 Å². The zero-order valence-electron chi connectivity index (χ0n) is 9.31. The zero-order valence-corrected chi connectivity index (χ0v) is 9.31. The molecular formula is C12H14N2O3. The number of rotatable bonds is 4. The summed E-state index contributed by atoms with van der Waals surface area (Å²) in [5, 5.41) is 2.70. The molecule has 90 valence electrons. The number of para-hydroxylation sites is 1. The van der Waals surface area contributed by atoms with Crippen LogP contribution in [-0.4, -0.2) is 25.0 Å². The summed E-state index contributed by atoms with van der Waals surface area (Å²) in [6.07, 6.45) is 0.410. The van der Waals surface area contributed by atoms with E-state index in [1.807, 2.05) is 0 Å². The van der Waals surface area contributed by atoms with E-state index in [0.717, 1.165) is 0 Å². The van der Waals surface area contributed by atoms with E-state index in [1.165, 1.54) is 0 Å². The van der Waals surface area contributed by atoms with E-state index in [2.05, 4.69) is 5.32 Å². The lowest BCUT2D eigenvalue weighted by molar-refractivity contribution is -0.121. The molecule has 0 bridgehead atoms. The van der Waals surface area contributed by atoms with Crippen molar-refractivity contribution in [2.24, 2.45) is 11.7 Å². The summed E-state index contributed by atoms with van der Waals surface area (Å²) >= 11 is 0. The van der Waals surface area contributed by atoms with Gasteiger partial charge in [-0.3, -0.25) is 9.59 Å². The SMILES string of the molecule is NC(=O)c1ccccc1NC(=O)CC1COC1. The van der Waals surface area contributed by atoms with Crippen LogP contribution >= 0.6 is 0 Å². The molecule has 2 amide bonds. The summed E-state index contributed by atoms with van der Waals surface area (Å²) in [7, 11) is 0. The molecule has 0 saturated carbocycles. The number of primary amides is 1. The third-order valence-corrected chi connectivity index (χ3v) is 2.65. The molecule has 1 aliphatic rings. The van der Waals surface area contributed by atoms with E-state index in [1.54, 1.807) is 24.3 Å². The fourth-order valence-electron chi connectivity index (χ4n) is 1.67. The number of benzene rings is 1. The maximum absolute atomic E-state index is 11.7. The number of anilines is 1. The monoisotopic (exact) mass is 234 g/mol. The van der Waals surface area contributed by atoms with Gasteiger partial charge in [-0.25, -0.2) is 0 Å². The highest BCUT2D eigenvalue weighted by atomic mass is 16.5. The number of nitrogens with two attached hydrogens (primary N) is 1. The zero-order chi connectivity index (χ0) is 12.3. The summed E-state index contributed by atoms with van der Waals surface area (Å²) in [6, 6.07) is 6.70. The minimum atomic E-state index is -0.548. The van der Waals surface area contributed by atoms with Crippen molar-refractivity contribution in [1.82, 2.24) is 0 Å². The van der Waals surface area contributed by atoms with Crippen LogP contribution in [0.5, 0.6) is 0 Å². The van der Waals surface area contributed by atoms with E-state index in [0.29, 0.717) is 30.9 Å². The molecule has 0 radical (unpaired) electrons. The van der Waals surface area contributed by atoms with Gasteiger partial charge in [0.05, 0.1) is 24.5 Å². The maximum atomic E-state index is 11.7. The lowest BCUT2D eigenvalue weighted by atomic mass is 10.0. The molecule has 1 aromatic carbocycles. The average Bonchev–Trinajstić information content (AvgIpc) is 2.24. The summed E-state index contributed by atoms with van der Waals surface area (Å²) in [5.41, 5.74) is 6.01. The van der Waals surface area contributed by atoms with Crippen molar-refractivity contribution >= 4 is 17.5 Å². The van der Waals surface area contributed by atoms with Gasteiger partial charge in [-0.05, 0) is 12.1 Å². The van der Waals surface area contributed by atoms with Crippen molar-refractivity contribution in [3.63, 3.8) is 0 Å². The number of hydrogen-bond acceptors (Lipinski definition) is 3. The Morgan fingerprint density at radius 2 is 2.06 bits per heavy atom. The van der Waals surface area contributed by atoms with Crippen LogP contribution in [0.4, 0.5) is 5.69 Å². The summed E-state index contributed by atoms with van der Waals surface area (Å²) in [5.74, 6) is -0.379. The number of carbonyl (C=O) groups excluding carboxylic acids is 2. The number of hydrogen-bond donors (Lipinski definition) is 2. The van der Waals surface area contributed by atoms with Gasteiger partial charge >= 0.3 is 0 Å². The molecular weight excluding hydrogens is 220 g/mol. The molecule has 3 N–H and O–H groups in total. The predicted molar refractivity (Wildman–Crippen MR) is 62.5 cm³/mol. The second-order valence-corrected chi connectivity index (χ2v) is 4.07. The van der Waals surface area contributed by atoms with E-state index in [9.17, 15) is 9.59 Å². The fraction of sp³-hybridized carbons (Fsp3) is 0.333. The lowest BCUT2D eigenvalue weighted by Gasteiger charge is -2.25. The fourth-order valence-corrected chi connectivity index (χ4v) is 1.67. The molecule has 0 unspecified atom stereocenters.